The number of hydrogen-bond acceptors (Lipinski definition) is 10. The summed E-state index contributed by atoms with van der Waals surface area (Å²) in [6, 6.07) is 19.6. The Bertz CT molecular complexity index is 1950. The second-order valence-electron chi connectivity index (χ2n) is 17.2. The van der Waals surface area contributed by atoms with Crippen molar-refractivity contribution < 1.29 is 33.3 Å². The van der Waals surface area contributed by atoms with Crippen LogP contribution >= 0.6 is 0 Å². The molecular weight excluding hydrogens is 713 g/mol. The van der Waals surface area contributed by atoms with E-state index in [4.69, 9.17) is 23.7 Å². The van der Waals surface area contributed by atoms with Crippen LogP contribution in [0.4, 0.5) is 15.4 Å². The summed E-state index contributed by atoms with van der Waals surface area (Å²) >= 11 is 0. The highest BCUT2D eigenvalue weighted by Crippen LogP contribution is 2.47. The number of carbonyl (C=O) groups is 2. The molecule has 2 amide bonds. The zero-order chi connectivity index (χ0) is 40.3. The van der Waals surface area contributed by atoms with Gasteiger partial charge in [0.2, 0.25) is 0 Å². The molecule has 13 heteroatoms. The minimum atomic E-state index is -0.729. The number of ether oxygens (including phenoxy) is 5. The Kier molecular flexibility index (Phi) is 12.3. The van der Waals surface area contributed by atoms with E-state index in [1.165, 1.54) is 11.2 Å². The van der Waals surface area contributed by atoms with Gasteiger partial charge in [0.15, 0.2) is 11.6 Å². The summed E-state index contributed by atoms with van der Waals surface area (Å²) in [6.45, 7) is 17.6. The molecule has 13 nitrogen and oxygen atoms in total. The predicted molar refractivity (Wildman–Crippen MR) is 215 cm³/mol. The predicted octanol–water partition coefficient (Wildman–Crippen LogP) is 8.14. The van der Waals surface area contributed by atoms with Gasteiger partial charge in [-0.25, -0.2) is 19.6 Å². The number of aromatic nitrogens is 3. The van der Waals surface area contributed by atoms with Crippen LogP contribution in [-0.4, -0.2) is 94.0 Å². The smallest absolute Gasteiger partial charge is 0.415 e. The molecule has 3 heterocycles. The SMILES string of the molecule is CN(C(=O)OC(C)(C)C)c1ncnc2c1ccn2[C@@H]1C[C@H](CNCCCN(CCc2cccc(Oc3ccccc3)c2)C(=O)OC(C)(C)C)[C@H]2OC(C)(C)O[C@H]21. The molecule has 1 aliphatic carbocycles. The maximum absolute atomic E-state index is 13.3. The Morgan fingerprint density at radius 3 is 2.32 bits per heavy atom. The fraction of sp³-hybridized carbons (Fsp3) is 0.535. The van der Waals surface area contributed by atoms with E-state index < -0.39 is 23.1 Å². The molecular formula is C43H58N6O7. The minimum Gasteiger partial charge on any atom is -0.457 e. The van der Waals surface area contributed by atoms with Crippen LogP contribution in [0.5, 0.6) is 11.5 Å². The quantitative estimate of drug-likeness (QED) is 0.133. The summed E-state index contributed by atoms with van der Waals surface area (Å²) in [6.07, 6.45) is 4.58. The molecule has 2 aromatic carbocycles. The Balaban J connectivity index is 1.07. The molecule has 1 saturated heterocycles. The number of benzene rings is 2. The van der Waals surface area contributed by atoms with Crippen LogP contribution in [0.25, 0.3) is 11.0 Å². The number of carbonyl (C=O) groups excluding carboxylic acids is 2. The van der Waals surface area contributed by atoms with Crippen molar-refractivity contribution in [1.29, 1.82) is 0 Å². The summed E-state index contributed by atoms with van der Waals surface area (Å²) in [7, 11) is 1.66. The van der Waals surface area contributed by atoms with Crippen LogP contribution in [-0.2, 0) is 25.4 Å². The van der Waals surface area contributed by atoms with Crippen molar-refractivity contribution >= 4 is 29.0 Å². The van der Waals surface area contributed by atoms with Gasteiger partial charge in [-0.2, -0.15) is 0 Å². The van der Waals surface area contributed by atoms with E-state index in [0.29, 0.717) is 37.5 Å². The van der Waals surface area contributed by atoms with E-state index in [0.717, 1.165) is 41.8 Å². The third-order valence-corrected chi connectivity index (χ3v) is 9.77. The van der Waals surface area contributed by atoms with Crippen LogP contribution in [0.2, 0.25) is 0 Å². The molecule has 56 heavy (non-hydrogen) atoms. The fourth-order valence-corrected chi connectivity index (χ4v) is 7.39. The highest BCUT2D eigenvalue weighted by molar-refractivity contribution is 5.97. The number of hydrogen-bond donors (Lipinski definition) is 1. The molecule has 0 spiro atoms. The maximum atomic E-state index is 13.3. The number of para-hydroxylation sites is 1. The normalized spacial score (nSPS) is 20.4. The first-order chi connectivity index (χ1) is 26.5. The van der Waals surface area contributed by atoms with E-state index >= 15 is 0 Å². The first-order valence-electron chi connectivity index (χ1n) is 19.6. The zero-order valence-corrected chi connectivity index (χ0v) is 34.3. The van der Waals surface area contributed by atoms with Crippen molar-refractivity contribution in [3.63, 3.8) is 0 Å². The lowest BCUT2D eigenvalue weighted by atomic mass is 10.1. The van der Waals surface area contributed by atoms with Gasteiger partial charge in [0.25, 0.3) is 0 Å². The first kappa shape index (κ1) is 40.9. The lowest BCUT2D eigenvalue weighted by molar-refractivity contribution is -0.160. The number of anilines is 1. The monoisotopic (exact) mass is 770 g/mol. The molecule has 2 fully saturated rings. The molecule has 1 aliphatic heterocycles. The molecule has 0 bridgehead atoms. The first-order valence-corrected chi connectivity index (χ1v) is 19.6. The number of rotatable bonds is 13. The highest BCUT2D eigenvalue weighted by Gasteiger charge is 2.54. The summed E-state index contributed by atoms with van der Waals surface area (Å²) in [4.78, 5) is 38.6. The average molecular weight is 771 g/mol. The zero-order valence-electron chi connectivity index (χ0n) is 34.3. The number of nitrogens with zero attached hydrogens (tertiary/aromatic N) is 5. The lowest BCUT2D eigenvalue weighted by Gasteiger charge is -2.28. The third-order valence-electron chi connectivity index (χ3n) is 9.77. The highest BCUT2D eigenvalue weighted by atomic mass is 16.8. The van der Waals surface area contributed by atoms with E-state index in [2.05, 4.69) is 25.9 Å². The average Bonchev–Trinajstić information content (AvgIpc) is 3.78. The van der Waals surface area contributed by atoms with Crippen LogP contribution in [0.15, 0.2) is 73.2 Å². The van der Waals surface area contributed by atoms with Gasteiger partial charge in [0.05, 0.1) is 17.5 Å². The number of nitrogens with one attached hydrogen (secondary N) is 1. The molecule has 1 saturated carbocycles. The molecule has 0 radical (unpaired) electrons. The van der Waals surface area contributed by atoms with Crippen molar-refractivity contribution in [1.82, 2.24) is 24.8 Å². The maximum Gasteiger partial charge on any atom is 0.415 e. The van der Waals surface area contributed by atoms with E-state index in [1.807, 2.05) is 116 Å². The van der Waals surface area contributed by atoms with Crippen molar-refractivity contribution in [2.75, 3.05) is 38.1 Å². The standard InChI is InChI=1S/C43H58N6O7/c1-41(2,3)55-39(50)47(9)37-33-20-24-49(38(33)46-28-45-37)34-26-30(35-36(34)54-43(7,8)53-35)27-44-21-14-22-48(40(51)56-42(4,5)6)23-19-29-15-13-18-32(25-29)52-31-16-11-10-12-17-31/h10-13,15-18,20,24-25,28,30,34-36,44H,14,19,21-23,26-27H2,1-9H3/t30-,34-,35-,36+/m1/s1. The Morgan fingerprint density at radius 1 is 0.893 bits per heavy atom. The fourth-order valence-electron chi connectivity index (χ4n) is 7.39. The lowest BCUT2D eigenvalue weighted by Crippen LogP contribution is -2.39. The third kappa shape index (κ3) is 10.4. The Hall–Kier alpha value is -4.72. The van der Waals surface area contributed by atoms with Gasteiger partial charge in [0.1, 0.15) is 40.8 Å². The summed E-state index contributed by atoms with van der Waals surface area (Å²) in [5.74, 6) is 1.45. The topological polar surface area (TPSA) is 130 Å². The molecule has 1 N–H and O–H groups in total. The van der Waals surface area contributed by atoms with E-state index in [9.17, 15) is 9.59 Å². The van der Waals surface area contributed by atoms with Crippen LogP contribution in [0.1, 0.15) is 79.8 Å². The van der Waals surface area contributed by atoms with Gasteiger partial charge in [-0.05, 0) is 117 Å². The largest absolute Gasteiger partial charge is 0.457 e. The van der Waals surface area contributed by atoms with E-state index in [1.54, 1.807) is 11.9 Å². The van der Waals surface area contributed by atoms with Gasteiger partial charge < -0.3 is 38.5 Å². The molecule has 302 valence electrons. The van der Waals surface area contributed by atoms with Crippen molar-refractivity contribution in [3.8, 4) is 11.5 Å². The molecule has 2 aromatic heterocycles. The number of fused-ring (bicyclic) bond motifs is 2. The van der Waals surface area contributed by atoms with E-state index in [-0.39, 0.29) is 30.3 Å². The van der Waals surface area contributed by atoms with Crippen LogP contribution in [0, 0.1) is 5.92 Å². The van der Waals surface area contributed by atoms with Gasteiger partial charge in [0, 0.05) is 38.8 Å². The van der Waals surface area contributed by atoms with Crippen molar-refractivity contribution in [3.05, 3.63) is 78.8 Å². The summed E-state index contributed by atoms with van der Waals surface area (Å²) < 4.78 is 32.6. The number of amides is 2. The van der Waals surface area contributed by atoms with Crippen LogP contribution < -0.4 is 15.0 Å². The van der Waals surface area contributed by atoms with Crippen molar-refractivity contribution in [2.24, 2.45) is 5.92 Å². The molecule has 0 unspecified atom stereocenters. The summed E-state index contributed by atoms with van der Waals surface area (Å²) in [5.41, 5.74) is 0.553. The molecule has 2 aliphatic rings. The van der Waals surface area contributed by atoms with Gasteiger partial charge >= 0.3 is 12.2 Å². The van der Waals surface area contributed by atoms with Crippen LogP contribution in [0.3, 0.4) is 0 Å². The molecule has 6 rings (SSSR count). The Morgan fingerprint density at radius 2 is 1.59 bits per heavy atom. The molecule has 4 aromatic rings. The second-order valence-corrected chi connectivity index (χ2v) is 17.2. The molecule has 4 atom stereocenters. The van der Waals surface area contributed by atoms with Gasteiger partial charge in [-0.1, -0.05) is 30.3 Å². The van der Waals surface area contributed by atoms with Crippen molar-refractivity contribution in [2.45, 2.75) is 110 Å². The Labute approximate surface area is 330 Å². The summed E-state index contributed by atoms with van der Waals surface area (Å²) in [5, 5.41) is 4.40. The van der Waals surface area contributed by atoms with Gasteiger partial charge in [-0.3, -0.25) is 4.90 Å². The second kappa shape index (κ2) is 16.8. The van der Waals surface area contributed by atoms with Gasteiger partial charge in [-0.15, -0.1) is 0 Å². The minimum absolute atomic E-state index is 0.0417.